The molecule has 0 unspecified atom stereocenters. The van der Waals surface area contributed by atoms with Gasteiger partial charge in [-0.3, -0.25) is 4.79 Å². The number of rotatable bonds is 6. The summed E-state index contributed by atoms with van der Waals surface area (Å²) in [5.41, 5.74) is 2.73. The van der Waals surface area contributed by atoms with Gasteiger partial charge >= 0.3 is 0 Å². The Hall–Kier alpha value is -3.51. The molecule has 0 atom stereocenters. The van der Waals surface area contributed by atoms with Crippen LogP contribution in [-0.2, 0) is 17.9 Å². The van der Waals surface area contributed by atoms with Crippen LogP contribution in [0.5, 0.6) is 0 Å². The van der Waals surface area contributed by atoms with E-state index in [1.807, 2.05) is 41.3 Å². The van der Waals surface area contributed by atoms with Crippen molar-refractivity contribution < 1.29 is 9.53 Å². The first kappa shape index (κ1) is 20.4. The largest absolute Gasteiger partial charge is 0.373 e. The Balaban J connectivity index is 1.17. The number of benzene rings is 3. The average molecular weight is 427 g/mol. The molecule has 1 aliphatic heterocycles. The van der Waals surface area contributed by atoms with Crippen molar-refractivity contribution in [2.75, 3.05) is 13.1 Å². The third-order valence-electron chi connectivity index (χ3n) is 6.03. The van der Waals surface area contributed by atoms with Gasteiger partial charge in [-0.15, -0.1) is 5.10 Å². The molecule has 3 aromatic carbocycles. The SMILES string of the molecule is O=C(c1cn(Cc2cccc3ccccc23)nn1)N1CCC(OCc2ccccc2)CC1. The van der Waals surface area contributed by atoms with Gasteiger partial charge in [-0.25, -0.2) is 4.68 Å². The number of hydrogen-bond acceptors (Lipinski definition) is 4. The molecule has 6 nitrogen and oxygen atoms in total. The van der Waals surface area contributed by atoms with E-state index in [0.29, 0.717) is 31.9 Å². The maximum atomic E-state index is 12.9. The number of ether oxygens (including phenoxy) is 1. The van der Waals surface area contributed by atoms with Crippen LogP contribution in [0.15, 0.2) is 79.0 Å². The van der Waals surface area contributed by atoms with Crippen LogP contribution in [0.25, 0.3) is 10.8 Å². The normalized spacial score (nSPS) is 14.7. The van der Waals surface area contributed by atoms with Gasteiger partial charge in [-0.05, 0) is 34.7 Å². The minimum absolute atomic E-state index is 0.0596. The molecule has 0 saturated carbocycles. The Labute approximate surface area is 187 Å². The molecule has 0 radical (unpaired) electrons. The molecule has 0 bridgehead atoms. The highest BCUT2D eigenvalue weighted by Gasteiger charge is 2.25. The van der Waals surface area contributed by atoms with E-state index in [1.165, 1.54) is 16.3 Å². The fraction of sp³-hybridized carbons (Fsp3) is 0.269. The van der Waals surface area contributed by atoms with Gasteiger partial charge < -0.3 is 9.64 Å². The van der Waals surface area contributed by atoms with E-state index in [1.54, 1.807) is 10.9 Å². The molecule has 0 aliphatic carbocycles. The van der Waals surface area contributed by atoms with Crippen LogP contribution in [0.4, 0.5) is 0 Å². The quantitative estimate of drug-likeness (QED) is 0.461. The summed E-state index contributed by atoms with van der Waals surface area (Å²) >= 11 is 0. The summed E-state index contributed by atoms with van der Waals surface area (Å²) in [6.07, 6.45) is 3.61. The maximum Gasteiger partial charge on any atom is 0.276 e. The minimum atomic E-state index is -0.0596. The van der Waals surface area contributed by atoms with Gasteiger partial charge in [-0.2, -0.15) is 0 Å². The third kappa shape index (κ3) is 4.55. The zero-order chi connectivity index (χ0) is 21.8. The summed E-state index contributed by atoms with van der Waals surface area (Å²) in [4.78, 5) is 14.8. The number of hydrogen-bond donors (Lipinski definition) is 0. The molecule has 1 aromatic heterocycles. The third-order valence-corrected chi connectivity index (χ3v) is 6.03. The lowest BCUT2D eigenvalue weighted by molar-refractivity contribution is -0.000511. The van der Waals surface area contributed by atoms with Crippen LogP contribution in [0.1, 0.15) is 34.5 Å². The standard InChI is InChI=1S/C26H26N4O2/c31-26(29-15-13-23(14-16-29)32-19-20-7-2-1-3-8-20)25-18-30(28-27-25)17-22-11-6-10-21-9-4-5-12-24(21)22/h1-12,18,23H,13-17,19H2. The fourth-order valence-electron chi connectivity index (χ4n) is 4.25. The van der Waals surface area contributed by atoms with Crippen LogP contribution in [0.3, 0.4) is 0 Å². The molecule has 0 N–H and O–H groups in total. The van der Waals surface area contributed by atoms with Gasteiger partial charge in [-0.1, -0.05) is 78.0 Å². The van der Waals surface area contributed by atoms with Gasteiger partial charge in [0.2, 0.25) is 0 Å². The molecule has 1 aliphatic rings. The van der Waals surface area contributed by atoms with Crippen molar-refractivity contribution in [1.82, 2.24) is 19.9 Å². The molecule has 1 fully saturated rings. The summed E-state index contributed by atoms with van der Waals surface area (Å²) in [6.45, 7) is 2.54. The Morgan fingerprint density at radius 2 is 1.69 bits per heavy atom. The van der Waals surface area contributed by atoms with E-state index in [-0.39, 0.29) is 12.0 Å². The Morgan fingerprint density at radius 1 is 0.938 bits per heavy atom. The lowest BCUT2D eigenvalue weighted by Gasteiger charge is -2.31. The lowest BCUT2D eigenvalue weighted by atomic mass is 10.0. The van der Waals surface area contributed by atoms with Gasteiger partial charge in [0.1, 0.15) is 0 Å². The number of carbonyl (C=O) groups excluding carboxylic acids is 1. The van der Waals surface area contributed by atoms with Gasteiger partial charge in [0, 0.05) is 13.1 Å². The number of likely N-dealkylation sites (tertiary alicyclic amines) is 1. The molecule has 5 rings (SSSR count). The summed E-state index contributed by atoms with van der Waals surface area (Å²) in [6, 6.07) is 24.7. The monoisotopic (exact) mass is 426 g/mol. The van der Waals surface area contributed by atoms with Crippen LogP contribution in [-0.4, -0.2) is 45.0 Å². The fourth-order valence-corrected chi connectivity index (χ4v) is 4.25. The van der Waals surface area contributed by atoms with Crippen LogP contribution >= 0.6 is 0 Å². The molecular weight excluding hydrogens is 400 g/mol. The second-order valence-corrected chi connectivity index (χ2v) is 8.23. The van der Waals surface area contributed by atoms with Gasteiger partial charge in [0.15, 0.2) is 5.69 Å². The highest BCUT2D eigenvalue weighted by Crippen LogP contribution is 2.20. The molecule has 1 saturated heterocycles. The first-order valence-electron chi connectivity index (χ1n) is 11.1. The highest BCUT2D eigenvalue weighted by molar-refractivity contribution is 5.92. The number of carbonyl (C=O) groups is 1. The smallest absolute Gasteiger partial charge is 0.276 e. The number of fused-ring (bicyclic) bond motifs is 1. The summed E-state index contributed by atoms with van der Waals surface area (Å²) in [5.74, 6) is -0.0596. The lowest BCUT2D eigenvalue weighted by Crippen LogP contribution is -2.41. The van der Waals surface area contributed by atoms with Crippen LogP contribution < -0.4 is 0 Å². The molecular formula is C26H26N4O2. The molecule has 2 heterocycles. The van der Waals surface area contributed by atoms with Crippen molar-refractivity contribution in [3.63, 3.8) is 0 Å². The molecule has 162 valence electrons. The summed E-state index contributed by atoms with van der Waals surface area (Å²) in [7, 11) is 0. The number of nitrogens with zero attached hydrogens (tertiary/aromatic N) is 4. The van der Waals surface area contributed by atoms with Crippen molar-refractivity contribution in [2.45, 2.75) is 32.1 Å². The van der Waals surface area contributed by atoms with Gasteiger partial charge in [0.05, 0.1) is 25.5 Å². The second-order valence-electron chi connectivity index (χ2n) is 8.23. The summed E-state index contributed by atoms with van der Waals surface area (Å²) < 4.78 is 7.78. The van der Waals surface area contributed by atoms with Crippen LogP contribution in [0.2, 0.25) is 0 Å². The highest BCUT2D eigenvalue weighted by atomic mass is 16.5. The topological polar surface area (TPSA) is 60.2 Å². The van der Waals surface area contributed by atoms with E-state index < -0.39 is 0 Å². The molecule has 32 heavy (non-hydrogen) atoms. The van der Waals surface area contributed by atoms with E-state index >= 15 is 0 Å². The maximum absolute atomic E-state index is 12.9. The number of aromatic nitrogens is 3. The number of amides is 1. The Morgan fingerprint density at radius 3 is 2.53 bits per heavy atom. The zero-order valence-corrected chi connectivity index (χ0v) is 17.9. The number of piperidine rings is 1. The van der Waals surface area contributed by atoms with E-state index in [9.17, 15) is 4.79 Å². The average Bonchev–Trinajstić information content (AvgIpc) is 3.32. The second kappa shape index (κ2) is 9.32. The van der Waals surface area contributed by atoms with Crippen LogP contribution in [0, 0.1) is 0 Å². The molecule has 0 spiro atoms. The first-order chi connectivity index (χ1) is 15.8. The first-order valence-corrected chi connectivity index (χ1v) is 11.1. The summed E-state index contributed by atoms with van der Waals surface area (Å²) in [5, 5.41) is 10.7. The van der Waals surface area contributed by atoms with Crippen molar-refractivity contribution >= 4 is 16.7 Å². The van der Waals surface area contributed by atoms with Crippen molar-refractivity contribution in [3.05, 3.63) is 95.8 Å². The van der Waals surface area contributed by atoms with E-state index in [4.69, 9.17) is 4.74 Å². The Kier molecular flexibility index (Phi) is 5.94. The molecule has 4 aromatic rings. The van der Waals surface area contributed by atoms with Crippen molar-refractivity contribution in [1.29, 1.82) is 0 Å². The van der Waals surface area contributed by atoms with Gasteiger partial charge in [0.25, 0.3) is 5.91 Å². The predicted octanol–water partition coefficient (Wildman–Crippen LogP) is 4.30. The molecule has 1 amide bonds. The van der Waals surface area contributed by atoms with Crippen molar-refractivity contribution in [2.24, 2.45) is 0 Å². The van der Waals surface area contributed by atoms with E-state index in [2.05, 4.69) is 46.7 Å². The van der Waals surface area contributed by atoms with E-state index in [0.717, 1.165) is 18.4 Å². The molecule has 6 heteroatoms. The minimum Gasteiger partial charge on any atom is -0.373 e. The Bertz CT molecular complexity index is 1190. The predicted molar refractivity (Wildman–Crippen MR) is 123 cm³/mol. The van der Waals surface area contributed by atoms with Crippen molar-refractivity contribution in [3.8, 4) is 0 Å². The zero-order valence-electron chi connectivity index (χ0n) is 17.9.